The van der Waals surface area contributed by atoms with Crippen molar-refractivity contribution in [1.29, 1.82) is 0 Å². The Hall–Kier alpha value is -2.16. The summed E-state index contributed by atoms with van der Waals surface area (Å²) in [5.74, 6) is 0.0469. The van der Waals surface area contributed by atoms with Gasteiger partial charge < -0.3 is 5.11 Å². The van der Waals surface area contributed by atoms with Crippen LogP contribution in [0.15, 0.2) is 57.9 Å². The fraction of sp³-hybridized carbons (Fsp3) is 0.647. The van der Waals surface area contributed by atoms with E-state index in [1.54, 1.807) is 0 Å². The molecule has 2 aliphatic rings. The zero-order chi connectivity index (χ0) is 28.1. The summed E-state index contributed by atoms with van der Waals surface area (Å²) < 4.78 is 0. The van der Waals surface area contributed by atoms with Crippen LogP contribution in [0, 0.1) is 28.6 Å². The number of Topliss-reactive ketones (excluding diaryl/α,β-unsaturated/α-hetero) is 2. The van der Waals surface area contributed by atoms with Crippen molar-refractivity contribution in [2.24, 2.45) is 28.6 Å². The van der Waals surface area contributed by atoms with Crippen LogP contribution in [-0.2, 0) is 9.59 Å². The second kappa shape index (κ2) is 12.6. The Morgan fingerprint density at radius 2 is 1.49 bits per heavy atom. The van der Waals surface area contributed by atoms with Gasteiger partial charge in [0, 0.05) is 16.9 Å². The van der Waals surface area contributed by atoms with Crippen LogP contribution in [0.25, 0.3) is 0 Å². The molecule has 2 aliphatic carbocycles. The van der Waals surface area contributed by atoms with Crippen molar-refractivity contribution in [2.75, 3.05) is 0 Å². The molecule has 2 rings (SSSR count). The predicted octanol–water partition coefficient (Wildman–Crippen LogP) is 9.42. The molecule has 0 unspecified atom stereocenters. The lowest BCUT2D eigenvalue weighted by Crippen LogP contribution is -2.60. The Kier molecular flexibility index (Phi) is 10.6. The summed E-state index contributed by atoms with van der Waals surface area (Å²) in [5, 5.41) is 11.9. The van der Waals surface area contributed by atoms with Gasteiger partial charge in [-0.1, -0.05) is 60.4 Å². The first-order chi connectivity index (χ1) is 17.2. The van der Waals surface area contributed by atoms with Crippen LogP contribution >= 0.6 is 0 Å². The first kappa shape index (κ1) is 31.1. The molecule has 3 nitrogen and oxygen atoms in total. The number of rotatable bonds is 11. The van der Waals surface area contributed by atoms with E-state index in [0.29, 0.717) is 24.8 Å². The maximum absolute atomic E-state index is 14.6. The van der Waals surface area contributed by atoms with Gasteiger partial charge in [0.1, 0.15) is 11.5 Å². The van der Waals surface area contributed by atoms with Crippen molar-refractivity contribution >= 4 is 11.6 Å². The maximum Gasteiger partial charge on any atom is 0.176 e. The SMILES string of the molecule is CC(C)=CCC[C@@H]1[C@@H](CC=C(C)C)C[C@@]2(CC=C(C)C)C[C@@]1(C(=O)C(C)C)C(=O)C(CC=C(C)C)=C2O. The Morgan fingerprint density at radius 3 is 2.00 bits per heavy atom. The van der Waals surface area contributed by atoms with E-state index in [1.165, 1.54) is 16.7 Å². The maximum atomic E-state index is 14.6. The van der Waals surface area contributed by atoms with Gasteiger partial charge in [-0.05, 0) is 112 Å². The van der Waals surface area contributed by atoms with E-state index in [2.05, 4.69) is 59.8 Å². The molecular formula is C34H52O3. The highest BCUT2D eigenvalue weighted by Crippen LogP contribution is 2.64. The molecule has 0 spiro atoms. The van der Waals surface area contributed by atoms with Crippen molar-refractivity contribution in [3.63, 3.8) is 0 Å². The van der Waals surface area contributed by atoms with Crippen LogP contribution in [0.5, 0.6) is 0 Å². The lowest BCUT2D eigenvalue weighted by Gasteiger charge is -2.57. The summed E-state index contributed by atoms with van der Waals surface area (Å²) in [6.07, 6.45) is 13.5. The smallest absolute Gasteiger partial charge is 0.176 e. The number of hydrogen-bond donors (Lipinski definition) is 1. The van der Waals surface area contributed by atoms with Crippen molar-refractivity contribution in [2.45, 2.75) is 114 Å². The van der Waals surface area contributed by atoms with E-state index >= 15 is 0 Å². The molecule has 0 aromatic carbocycles. The van der Waals surface area contributed by atoms with Gasteiger partial charge in [-0.3, -0.25) is 9.59 Å². The van der Waals surface area contributed by atoms with Gasteiger partial charge in [-0.25, -0.2) is 0 Å². The molecule has 0 heterocycles. The molecule has 0 radical (unpaired) electrons. The normalized spacial score (nSPS) is 27.1. The number of hydrogen-bond acceptors (Lipinski definition) is 3. The first-order valence-corrected chi connectivity index (χ1v) is 14.2. The largest absolute Gasteiger partial charge is 0.511 e. The van der Waals surface area contributed by atoms with Crippen molar-refractivity contribution in [1.82, 2.24) is 0 Å². The second-order valence-electron chi connectivity index (χ2n) is 13.0. The fourth-order valence-corrected chi connectivity index (χ4v) is 6.62. The number of fused-ring (bicyclic) bond motifs is 2. The molecule has 0 amide bonds. The van der Waals surface area contributed by atoms with E-state index < -0.39 is 10.8 Å². The highest BCUT2D eigenvalue weighted by atomic mass is 16.3. The number of carbonyl (C=O) groups excluding carboxylic acids is 2. The highest BCUT2D eigenvalue weighted by Gasteiger charge is 2.65. The van der Waals surface area contributed by atoms with Gasteiger partial charge in [0.15, 0.2) is 5.78 Å². The van der Waals surface area contributed by atoms with Gasteiger partial charge >= 0.3 is 0 Å². The van der Waals surface area contributed by atoms with Crippen LogP contribution in [-0.4, -0.2) is 16.7 Å². The summed E-state index contributed by atoms with van der Waals surface area (Å²) in [4.78, 5) is 28.9. The molecule has 2 bridgehead atoms. The molecule has 1 fully saturated rings. The summed E-state index contributed by atoms with van der Waals surface area (Å²) >= 11 is 0. The van der Waals surface area contributed by atoms with Crippen LogP contribution in [0.4, 0.5) is 0 Å². The van der Waals surface area contributed by atoms with Crippen molar-refractivity contribution in [3.05, 3.63) is 57.9 Å². The summed E-state index contributed by atoms with van der Waals surface area (Å²) in [7, 11) is 0. The van der Waals surface area contributed by atoms with Gasteiger partial charge in [-0.2, -0.15) is 0 Å². The Morgan fingerprint density at radius 1 is 0.919 bits per heavy atom. The lowest BCUT2D eigenvalue weighted by molar-refractivity contribution is -0.159. The zero-order valence-electron chi connectivity index (χ0n) is 25.3. The Labute approximate surface area is 226 Å². The van der Waals surface area contributed by atoms with Gasteiger partial charge in [0.2, 0.25) is 0 Å². The van der Waals surface area contributed by atoms with Crippen LogP contribution in [0.3, 0.4) is 0 Å². The predicted molar refractivity (Wildman–Crippen MR) is 156 cm³/mol. The van der Waals surface area contributed by atoms with Crippen LogP contribution in [0.2, 0.25) is 0 Å². The third-order valence-electron chi connectivity index (χ3n) is 8.38. The molecule has 1 N–H and O–H groups in total. The minimum absolute atomic E-state index is 0.0456. The molecule has 0 saturated heterocycles. The first-order valence-electron chi connectivity index (χ1n) is 14.2. The number of aliphatic hydroxyl groups is 1. The number of aliphatic hydroxyl groups excluding tert-OH is 1. The monoisotopic (exact) mass is 508 g/mol. The van der Waals surface area contributed by atoms with Crippen LogP contribution < -0.4 is 0 Å². The Bertz CT molecular complexity index is 1020. The lowest BCUT2D eigenvalue weighted by atomic mass is 9.44. The summed E-state index contributed by atoms with van der Waals surface area (Å²) in [6.45, 7) is 20.5. The zero-order valence-corrected chi connectivity index (χ0v) is 25.3. The molecular weight excluding hydrogens is 456 g/mol. The third-order valence-corrected chi connectivity index (χ3v) is 8.38. The fourth-order valence-electron chi connectivity index (χ4n) is 6.62. The van der Waals surface area contributed by atoms with E-state index in [4.69, 9.17) is 0 Å². The average molecular weight is 509 g/mol. The van der Waals surface area contributed by atoms with E-state index in [9.17, 15) is 14.7 Å². The van der Waals surface area contributed by atoms with E-state index in [1.807, 2.05) is 33.8 Å². The minimum Gasteiger partial charge on any atom is -0.511 e. The van der Waals surface area contributed by atoms with Crippen molar-refractivity contribution in [3.8, 4) is 0 Å². The Balaban J connectivity index is 2.89. The van der Waals surface area contributed by atoms with Crippen molar-refractivity contribution < 1.29 is 14.7 Å². The summed E-state index contributed by atoms with van der Waals surface area (Å²) in [5.41, 5.74) is 3.59. The standard InChI is InChI=1S/C34H52O3/c1-22(2)12-11-13-29-27(16-14-23(3)4)20-33(19-18-25(7)8)21-34(29,30(35)26(9)10)32(37)28(31(33)36)17-15-24(5)6/h12,14-15,18,26-27,29,36H,11,13,16-17,19-21H2,1-10H3/t27-,29+,33-,34+/m0/s1. The highest BCUT2D eigenvalue weighted by molar-refractivity contribution is 6.16. The van der Waals surface area contributed by atoms with Crippen LogP contribution in [0.1, 0.15) is 114 Å². The topological polar surface area (TPSA) is 54.4 Å². The van der Waals surface area contributed by atoms with E-state index in [-0.39, 0.29) is 35.1 Å². The van der Waals surface area contributed by atoms with Gasteiger partial charge in [0.05, 0.1) is 5.41 Å². The number of allylic oxidation sites excluding steroid dienone is 10. The second-order valence-corrected chi connectivity index (χ2v) is 13.0. The molecule has 206 valence electrons. The van der Waals surface area contributed by atoms with Gasteiger partial charge in [-0.15, -0.1) is 0 Å². The molecule has 4 atom stereocenters. The number of carbonyl (C=O) groups is 2. The van der Waals surface area contributed by atoms with E-state index in [0.717, 1.165) is 31.3 Å². The van der Waals surface area contributed by atoms with Gasteiger partial charge in [0.25, 0.3) is 0 Å². The molecule has 3 heteroatoms. The molecule has 37 heavy (non-hydrogen) atoms. The quantitative estimate of drug-likeness (QED) is 0.223. The summed E-state index contributed by atoms with van der Waals surface area (Å²) in [6, 6.07) is 0. The molecule has 0 aliphatic heterocycles. The third kappa shape index (κ3) is 6.84. The molecule has 1 saturated carbocycles. The minimum atomic E-state index is -1.09. The average Bonchev–Trinajstić information content (AvgIpc) is 2.80. The molecule has 0 aromatic heterocycles. The number of ketones is 2. The molecule has 0 aromatic rings.